The summed E-state index contributed by atoms with van der Waals surface area (Å²) in [5.74, 6) is -0.401. The van der Waals surface area contributed by atoms with Crippen molar-refractivity contribution in [1.82, 2.24) is 10.2 Å². The van der Waals surface area contributed by atoms with Crippen molar-refractivity contribution in [3.8, 4) is 16.9 Å². The molecule has 31 heavy (non-hydrogen) atoms. The van der Waals surface area contributed by atoms with Crippen LogP contribution < -0.4 is 10.3 Å². The van der Waals surface area contributed by atoms with E-state index in [1.54, 1.807) is 25.1 Å². The van der Waals surface area contributed by atoms with Crippen LogP contribution in [0.5, 0.6) is 5.75 Å². The van der Waals surface area contributed by atoms with Crippen molar-refractivity contribution < 1.29 is 9.13 Å². The molecular formula is C26H21FN2O2. The van der Waals surface area contributed by atoms with E-state index in [0.717, 1.165) is 11.1 Å². The zero-order chi connectivity index (χ0) is 21.6. The maximum Gasteiger partial charge on any atom is 0.272 e. The maximum absolute atomic E-state index is 14.8. The molecule has 154 valence electrons. The number of hydrogen-bond acceptors (Lipinski definition) is 3. The van der Waals surface area contributed by atoms with Crippen molar-refractivity contribution >= 4 is 12.2 Å². The summed E-state index contributed by atoms with van der Waals surface area (Å²) in [5.41, 5.74) is 3.50. The fraction of sp³-hybridized carbons (Fsp3) is 0.0769. The molecule has 1 heterocycles. The van der Waals surface area contributed by atoms with Gasteiger partial charge in [0.1, 0.15) is 6.61 Å². The lowest BCUT2D eigenvalue weighted by Crippen LogP contribution is -2.15. The lowest BCUT2D eigenvalue weighted by Gasteiger charge is -2.15. The van der Waals surface area contributed by atoms with E-state index in [9.17, 15) is 9.18 Å². The predicted octanol–water partition coefficient (Wildman–Crippen LogP) is 5.63. The Labute approximate surface area is 179 Å². The molecular weight excluding hydrogens is 391 g/mol. The van der Waals surface area contributed by atoms with Crippen LogP contribution in [0, 0.1) is 12.7 Å². The Bertz CT molecular complexity index is 1270. The minimum atomic E-state index is -0.494. The lowest BCUT2D eigenvalue weighted by atomic mass is 9.97. The lowest BCUT2D eigenvalue weighted by molar-refractivity contribution is 0.291. The summed E-state index contributed by atoms with van der Waals surface area (Å²) in [7, 11) is 0. The van der Waals surface area contributed by atoms with E-state index in [0.29, 0.717) is 22.4 Å². The largest absolute Gasteiger partial charge is 0.485 e. The van der Waals surface area contributed by atoms with Gasteiger partial charge in [-0.1, -0.05) is 78.9 Å². The first-order valence-electron chi connectivity index (χ1n) is 9.91. The number of halogens is 1. The standard InChI is InChI=1S/C26H21FN2O2/c1-18-24(22(26(30)29-28-18)16-15-19-9-4-2-5-10-19)21-13-8-14-23(27)25(21)31-17-20-11-6-3-7-12-20/h2-16H,17H2,1H3,(H,29,30). The molecule has 1 aromatic heterocycles. The fourth-order valence-electron chi connectivity index (χ4n) is 3.38. The molecule has 0 radical (unpaired) electrons. The van der Waals surface area contributed by atoms with Crippen molar-refractivity contribution in [2.45, 2.75) is 13.5 Å². The van der Waals surface area contributed by atoms with E-state index in [1.165, 1.54) is 6.07 Å². The number of aromatic amines is 1. The van der Waals surface area contributed by atoms with Crippen LogP contribution >= 0.6 is 0 Å². The Morgan fingerprint density at radius 3 is 2.39 bits per heavy atom. The summed E-state index contributed by atoms with van der Waals surface area (Å²) >= 11 is 0. The number of aromatic nitrogens is 2. The van der Waals surface area contributed by atoms with Crippen LogP contribution in [0.2, 0.25) is 0 Å². The number of benzene rings is 3. The second-order valence-corrected chi connectivity index (χ2v) is 7.06. The molecule has 0 atom stereocenters. The molecule has 0 saturated carbocycles. The van der Waals surface area contributed by atoms with Gasteiger partial charge in [-0.2, -0.15) is 5.10 Å². The van der Waals surface area contributed by atoms with Gasteiger partial charge in [0.25, 0.3) is 5.56 Å². The number of hydrogen-bond donors (Lipinski definition) is 1. The number of para-hydroxylation sites is 1. The normalized spacial score (nSPS) is 11.0. The molecule has 0 spiro atoms. The van der Waals surface area contributed by atoms with Gasteiger partial charge in [-0.25, -0.2) is 9.49 Å². The van der Waals surface area contributed by atoms with E-state index in [4.69, 9.17) is 4.74 Å². The van der Waals surface area contributed by atoms with Gasteiger partial charge < -0.3 is 4.74 Å². The number of ether oxygens (including phenoxy) is 1. The van der Waals surface area contributed by atoms with Crippen molar-refractivity contribution in [2.75, 3.05) is 0 Å². The zero-order valence-corrected chi connectivity index (χ0v) is 17.0. The molecule has 0 amide bonds. The van der Waals surface area contributed by atoms with Gasteiger partial charge in [-0.3, -0.25) is 4.79 Å². The molecule has 0 fully saturated rings. The van der Waals surface area contributed by atoms with Gasteiger partial charge in [0, 0.05) is 11.1 Å². The molecule has 5 heteroatoms. The Kier molecular flexibility index (Phi) is 6.03. The summed E-state index contributed by atoms with van der Waals surface area (Å²) in [6.45, 7) is 1.98. The van der Waals surface area contributed by atoms with Crippen LogP contribution in [-0.2, 0) is 6.61 Å². The number of H-pyrrole nitrogens is 1. The van der Waals surface area contributed by atoms with Gasteiger partial charge in [0.2, 0.25) is 0 Å². The van der Waals surface area contributed by atoms with Gasteiger partial charge in [0.15, 0.2) is 11.6 Å². The first-order chi connectivity index (χ1) is 15.1. The molecule has 4 aromatic rings. The zero-order valence-electron chi connectivity index (χ0n) is 17.0. The highest BCUT2D eigenvalue weighted by Crippen LogP contribution is 2.36. The van der Waals surface area contributed by atoms with Crippen LogP contribution in [-0.4, -0.2) is 10.2 Å². The van der Waals surface area contributed by atoms with E-state index in [-0.39, 0.29) is 17.9 Å². The Morgan fingerprint density at radius 1 is 0.935 bits per heavy atom. The molecule has 0 aliphatic heterocycles. The van der Waals surface area contributed by atoms with E-state index in [2.05, 4.69) is 10.2 Å². The summed E-state index contributed by atoms with van der Waals surface area (Å²) in [6, 6.07) is 23.9. The van der Waals surface area contributed by atoms with Crippen molar-refractivity contribution in [3.63, 3.8) is 0 Å². The monoisotopic (exact) mass is 412 g/mol. The smallest absolute Gasteiger partial charge is 0.272 e. The molecule has 4 nitrogen and oxygen atoms in total. The average molecular weight is 412 g/mol. The molecule has 0 unspecified atom stereocenters. The molecule has 0 aliphatic carbocycles. The number of nitrogens with one attached hydrogen (secondary N) is 1. The second-order valence-electron chi connectivity index (χ2n) is 7.06. The predicted molar refractivity (Wildman–Crippen MR) is 121 cm³/mol. The van der Waals surface area contributed by atoms with Crippen LogP contribution in [0.3, 0.4) is 0 Å². The van der Waals surface area contributed by atoms with E-state index >= 15 is 0 Å². The Balaban J connectivity index is 1.79. The topological polar surface area (TPSA) is 55.0 Å². The summed E-state index contributed by atoms with van der Waals surface area (Å²) in [6.07, 6.45) is 3.57. The number of rotatable bonds is 6. The van der Waals surface area contributed by atoms with Crippen molar-refractivity contribution in [1.29, 1.82) is 0 Å². The fourth-order valence-corrected chi connectivity index (χ4v) is 3.38. The van der Waals surface area contributed by atoms with E-state index in [1.807, 2.05) is 66.7 Å². The summed E-state index contributed by atoms with van der Waals surface area (Å²) in [4.78, 5) is 12.7. The molecule has 0 aliphatic rings. The minimum absolute atomic E-state index is 0.0937. The highest BCUT2D eigenvalue weighted by Gasteiger charge is 2.19. The number of aryl methyl sites for hydroxylation is 1. The molecule has 3 aromatic carbocycles. The van der Waals surface area contributed by atoms with Crippen LogP contribution in [0.1, 0.15) is 22.4 Å². The van der Waals surface area contributed by atoms with Crippen LogP contribution in [0.4, 0.5) is 4.39 Å². The van der Waals surface area contributed by atoms with Crippen LogP contribution in [0.25, 0.3) is 23.3 Å². The minimum Gasteiger partial charge on any atom is -0.485 e. The third-order valence-corrected chi connectivity index (χ3v) is 4.91. The van der Waals surface area contributed by atoms with Gasteiger partial charge in [-0.05, 0) is 30.2 Å². The van der Waals surface area contributed by atoms with Crippen molar-refractivity contribution in [2.24, 2.45) is 0 Å². The van der Waals surface area contributed by atoms with Gasteiger partial charge >= 0.3 is 0 Å². The second kappa shape index (κ2) is 9.22. The number of nitrogens with zero attached hydrogens (tertiary/aromatic N) is 1. The molecule has 4 rings (SSSR count). The van der Waals surface area contributed by atoms with Gasteiger partial charge in [-0.15, -0.1) is 0 Å². The first-order valence-corrected chi connectivity index (χ1v) is 9.91. The molecule has 0 bridgehead atoms. The highest BCUT2D eigenvalue weighted by atomic mass is 19.1. The SMILES string of the molecule is Cc1n[nH]c(=O)c(C=Cc2ccccc2)c1-c1cccc(F)c1OCc1ccccc1. The Morgan fingerprint density at radius 2 is 1.65 bits per heavy atom. The molecule has 0 saturated heterocycles. The average Bonchev–Trinajstić information content (AvgIpc) is 2.80. The van der Waals surface area contributed by atoms with Crippen LogP contribution in [0.15, 0.2) is 83.7 Å². The van der Waals surface area contributed by atoms with Gasteiger partial charge in [0.05, 0.1) is 11.3 Å². The summed E-state index contributed by atoms with van der Waals surface area (Å²) < 4.78 is 20.7. The van der Waals surface area contributed by atoms with E-state index < -0.39 is 5.82 Å². The third-order valence-electron chi connectivity index (χ3n) is 4.91. The Hall–Kier alpha value is -3.99. The molecule has 1 N–H and O–H groups in total. The maximum atomic E-state index is 14.8. The quantitative estimate of drug-likeness (QED) is 0.446. The highest BCUT2D eigenvalue weighted by molar-refractivity contribution is 5.84. The van der Waals surface area contributed by atoms with Crippen molar-refractivity contribution in [3.05, 3.63) is 117 Å². The third kappa shape index (κ3) is 4.61. The first kappa shape index (κ1) is 20.3. The summed E-state index contributed by atoms with van der Waals surface area (Å²) in [5, 5.41) is 6.63.